The quantitative estimate of drug-likeness (QED) is 0.524. The number of para-hydroxylation sites is 1. The van der Waals surface area contributed by atoms with Crippen molar-refractivity contribution in [3.05, 3.63) is 101 Å². The largest absolute Gasteiger partial charge is 0.489 e. The van der Waals surface area contributed by atoms with Crippen LogP contribution in [0.15, 0.2) is 78.9 Å². The Balaban J connectivity index is 1.56. The van der Waals surface area contributed by atoms with Crippen LogP contribution in [0.5, 0.6) is 5.75 Å². The van der Waals surface area contributed by atoms with Gasteiger partial charge in [-0.1, -0.05) is 60.7 Å². The average molecular weight is 403 g/mol. The summed E-state index contributed by atoms with van der Waals surface area (Å²) in [7, 11) is 1.70. The number of carbonyl (C=O) groups is 2. The number of hydrogen-bond acceptors (Lipinski definition) is 4. The van der Waals surface area contributed by atoms with Crippen LogP contribution in [0, 0.1) is 6.92 Å². The summed E-state index contributed by atoms with van der Waals surface area (Å²) in [6.07, 6.45) is 0. The van der Waals surface area contributed by atoms with Crippen LogP contribution in [0.25, 0.3) is 0 Å². The fourth-order valence-corrected chi connectivity index (χ4v) is 2.97. The maximum Gasteiger partial charge on any atom is 0.339 e. The van der Waals surface area contributed by atoms with Crippen LogP contribution < -0.4 is 4.74 Å². The van der Waals surface area contributed by atoms with E-state index < -0.39 is 5.97 Å². The first kappa shape index (κ1) is 21.1. The summed E-state index contributed by atoms with van der Waals surface area (Å²) in [6.45, 7) is 2.39. The average Bonchev–Trinajstić information content (AvgIpc) is 2.78. The van der Waals surface area contributed by atoms with E-state index in [-0.39, 0.29) is 19.1 Å². The van der Waals surface area contributed by atoms with Crippen molar-refractivity contribution < 1.29 is 19.1 Å². The van der Waals surface area contributed by atoms with E-state index in [4.69, 9.17) is 9.47 Å². The topological polar surface area (TPSA) is 55.8 Å². The van der Waals surface area contributed by atoms with Gasteiger partial charge in [-0.3, -0.25) is 4.79 Å². The number of amides is 1. The van der Waals surface area contributed by atoms with Crippen LogP contribution in [0.3, 0.4) is 0 Å². The summed E-state index contributed by atoms with van der Waals surface area (Å²) in [5.41, 5.74) is 3.26. The maximum atomic E-state index is 12.6. The lowest BCUT2D eigenvalue weighted by molar-refractivity contribution is -0.133. The van der Waals surface area contributed by atoms with Gasteiger partial charge in [0.2, 0.25) is 0 Å². The van der Waals surface area contributed by atoms with Crippen molar-refractivity contribution in [2.24, 2.45) is 0 Å². The molecule has 0 heterocycles. The van der Waals surface area contributed by atoms with Crippen molar-refractivity contribution in [1.29, 1.82) is 0 Å². The molecule has 3 rings (SSSR count). The molecule has 0 unspecified atom stereocenters. The smallest absolute Gasteiger partial charge is 0.339 e. The molecule has 0 bridgehead atoms. The zero-order chi connectivity index (χ0) is 21.3. The molecule has 154 valence electrons. The van der Waals surface area contributed by atoms with E-state index in [9.17, 15) is 9.59 Å². The highest BCUT2D eigenvalue weighted by Crippen LogP contribution is 2.16. The number of nitrogens with zero attached hydrogens (tertiary/aromatic N) is 1. The zero-order valence-corrected chi connectivity index (χ0v) is 17.2. The van der Waals surface area contributed by atoms with Crippen molar-refractivity contribution in [3.63, 3.8) is 0 Å². The molecule has 0 N–H and O–H groups in total. The van der Waals surface area contributed by atoms with Gasteiger partial charge in [0.05, 0.1) is 5.56 Å². The summed E-state index contributed by atoms with van der Waals surface area (Å²) in [4.78, 5) is 26.5. The Hall–Kier alpha value is -3.60. The third-order valence-electron chi connectivity index (χ3n) is 4.80. The Kier molecular flexibility index (Phi) is 7.22. The van der Waals surface area contributed by atoms with Crippen LogP contribution >= 0.6 is 0 Å². The number of rotatable bonds is 8. The van der Waals surface area contributed by atoms with Crippen LogP contribution in [-0.2, 0) is 22.7 Å². The second-order valence-electron chi connectivity index (χ2n) is 7.01. The molecule has 0 atom stereocenters. The Morgan fingerprint density at radius 1 is 0.833 bits per heavy atom. The lowest BCUT2D eigenvalue weighted by atomic mass is 10.1. The summed E-state index contributed by atoms with van der Waals surface area (Å²) < 4.78 is 11.0. The minimum atomic E-state index is -0.542. The lowest BCUT2D eigenvalue weighted by Gasteiger charge is -2.18. The monoisotopic (exact) mass is 403 g/mol. The van der Waals surface area contributed by atoms with Gasteiger partial charge in [-0.05, 0) is 36.2 Å². The maximum absolute atomic E-state index is 12.6. The summed E-state index contributed by atoms with van der Waals surface area (Å²) >= 11 is 0. The number of esters is 1. The Labute approximate surface area is 176 Å². The molecule has 0 aromatic heterocycles. The minimum Gasteiger partial charge on any atom is -0.489 e. The molecule has 0 spiro atoms. The summed E-state index contributed by atoms with van der Waals surface area (Å²) in [5, 5.41) is 0. The van der Waals surface area contributed by atoms with Gasteiger partial charge in [0, 0.05) is 19.2 Å². The lowest BCUT2D eigenvalue weighted by Crippen LogP contribution is -2.31. The molecule has 0 saturated carbocycles. The predicted octanol–water partition coefficient (Wildman–Crippen LogP) is 4.39. The normalized spacial score (nSPS) is 10.3. The molecule has 0 saturated heterocycles. The summed E-state index contributed by atoms with van der Waals surface area (Å²) in [5.74, 6) is -0.0850. The van der Waals surface area contributed by atoms with Crippen LogP contribution in [0.1, 0.15) is 27.0 Å². The minimum absolute atomic E-state index is 0.233. The molecule has 5 heteroatoms. The van der Waals surface area contributed by atoms with Gasteiger partial charge >= 0.3 is 5.97 Å². The number of likely N-dealkylation sites (N-methyl/N-ethyl adjacent to an activating group) is 1. The molecule has 30 heavy (non-hydrogen) atoms. The third kappa shape index (κ3) is 5.70. The molecule has 3 aromatic rings. The third-order valence-corrected chi connectivity index (χ3v) is 4.80. The second-order valence-corrected chi connectivity index (χ2v) is 7.01. The van der Waals surface area contributed by atoms with Crippen molar-refractivity contribution in [3.8, 4) is 5.75 Å². The SMILES string of the molecule is Cc1ccccc1CN(C)C(=O)COC(=O)c1ccccc1COc1ccccc1. The van der Waals surface area contributed by atoms with E-state index in [1.54, 1.807) is 24.1 Å². The number of hydrogen-bond donors (Lipinski definition) is 0. The van der Waals surface area contributed by atoms with Gasteiger partial charge in [0.1, 0.15) is 12.4 Å². The van der Waals surface area contributed by atoms with Crippen LogP contribution in [0.4, 0.5) is 0 Å². The Morgan fingerprint density at radius 3 is 2.20 bits per heavy atom. The first-order chi connectivity index (χ1) is 14.5. The van der Waals surface area contributed by atoms with Gasteiger partial charge in [-0.15, -0.1) is 0 Å². The van der Waals surface area contributed by atoms with E-state index in [2.05, 4.69) is 0 Å². The highest BCUT2D eigenvalue weighted by Gasteiger charge is 2.17. The van der Waals surface area contributed by atoms with Gasteiger partial charge in [-0.25, -0.2) is 4.79 Å². The highest BCUT2D eigenvalue weighted by molar-refractivity contribution is 5.92. The van der Waals surface area contributed by atoms with Gasteiger partial charge < -0.3 is 14.4 Å². The van der Waals surface area contributed by atoms with Crippen molar-refractivity contribution >= 4 is 11.9 Å². The van der Waals surface area contributed by atoms with Gasteiger partial charge in [0.25, 0.3) is 5.91 Å². The molecule has 1 amide bonds. The predicted molar refractivity (Wildman–Crippen MR) is 115 cm³/mol. The molecule has 0 aliphatic rings. The van der Waals surface area contributed by atoms with E-state index in [1.165, 1.54) is 0 Å². The van der Waals surface area contributed by atoms with E-state index in [0.717, 1.165) is 11.1 Å². The van der Waals surface area contributed by atoms with Crippen molar-refractivity contribution in [1.82, 2.24) is 4.90 Å². The molecule has 0 radical (unpaired) electrons. The van der Waals surface area contributed by atoms with Crippen molar-refractivity contribution in [2.45, 2.75) is 20.1 Å². The molecule has 0 aliphatic carbocycles. The summed E-state index contributed by atoms with van der Waals surface area (Å²) in [6, 6.07) is 24.3. The number of ether oxygens (including phenoxy) is 2. The molecule has 3 aromatic carbocycles. The first-order valence-corrected chi connectivity index (χ1v) is 9.76. The van der Waals surface area contributed by atoms with Crippen molar-refractivity contribution in [2.75, 3.05) is 13.7 Å². The van der Waals surface area contributed by atoms with Crippen LogP contribution in [-0.4, -0.2) is 30.4 Å². The Bertz CT molecular complexity index is 1000. The van der Waals surface area contributed by atoms with Gasteiger partial charge in [-0.2, -0.15) is 0 Å². The van der Waals surface area contributed by atoms with E-state index in [1.807, 2.05) is 73.7 Å². The molecule has 0 fully saturated rings. The molecule has 5 nitrogen and oxygen atoms in total. The fraction of sp³-hybridized carbons (Fsp3) is 0.200. The Morgan fingerprint density at radius 2 is 1.47 bits per heavy atom. The van der Waals surface area contributed by atoms with Crippen LogP contribution in [0.2, 0.25) is 0 Å². The molecular formula is C25H25NO4. The first-order valence-electron chi connectivity index (χ1n) is 9.76. The van der Waals surface area contributed by atoms with Gasteiger partial charge in [0.15, 0.2) is 6.61 Å². The second kappa shape index (κ2) is 10.3. The highest BCUT2D eigenvalue weighted by atomic mass is 16.5. The number of aryl methyl sites for hydroxylation is 1. The standard InChI is InChI=1S/C25H25NO4/c1-19-10-6-7-11-20(19)16-26(2)24(27)18-30-25(28)23-15-9-8-12-21(23)17-29-22-13-4-3-5-14-22/h3-15H,16-18H2,1-2H3. The van der Waals surface area contributed by atoms with E-state index >= 15 is 0 Å². The molecular weight excluding hydrogens is 378 g/mol. The number of benzene rings is 3. The van der Waals surface area contributed by atoms with E-state index in [0.29, 0.717) is 23.4 Å². The number of carbonyl (C=O) groups excluding carboxylic acids is 2. The molecule has 0 aliphatic heterocycles. The fourth-order valence-electron chi connectivity index (χ4n) is 2.97. The zero-order valence-electron chi connectivity index (χ0n) is 17.2.